The molecule has 0 bridgehead atoms. The summed E-state index contributed by atoms with van der Waals surface area (Å²) in [6.45, 7) is 8.07. The number of ketones is 1. The Hall–Kier alpha value is -2.37. The zero-order valence-corrected chi connectivity index (χ0v) is 15.5. The van der Waals surface area contributed by atoms with E-state index in [4.69, 9.17) is 4.74 Å². The van der Waals surface area contributed by atoms with E-state index in [0.717, 1.165) is 0 Å². The minimum atomic E-state index is -0.150. The molecule has 1 aromatic rings. The van der Waals surface area contributed by atoms with E-state index in [2.05, 4.69) is 5.32 Å². The number of carbonyl (C=O) groups is 3. The first kappa shape index (κ1) is 20.7. The van der Waals surface area contributed by atoms with Gasteiger partial charge in [0.25, 0.3) is 0 Å². The maximum atomic E-state index is 12.2. The van der Waals surface area contributed by atoms with Gasteiger partial charge in [-0.15, -0.1) is 0 Å². The molecular weight excluding hydrogens is 320 g/mol. The first-order valence-electron chi connectivity index (χ1n) is 8.64. The molecule has 0 spiro atoms. The molecule has 0 radical (unpaired) electrons. The summed E-state index contributed by atoms with van der Waals surface area (Å²) in [4.78, 5) is 36.8. The molecule has 1 aromatic carbocycles. The third kappa shape index (κ3) is 7.83. The van der Waals surface area contributed by atoms with E-state index in [9.17, 15) is 14.4 Å². The Morgan fingerprint density at radius 2 is 1.96 bits per heavy atom. The van der Waals surface area contributed by atoms with Gasteiger partial charge in [-0.25, -0.2) is 0 Å². The van der Waals surface area contributed by atoms with Crippen LogP contribution in [0.25, 0.3) is 0 Å². The van der Waals surface area contributed by atoms with E-state index in [1.165, 1.54) is 11.8 Å². The molecule has 0 saturated carbocycles. The predicted molar refractivity (Wildman–Crippen MR) is 96.7 cm³/mol. The molecule has 0 aliphatic carbocycles. The van der Waals surface area contributed by atoms with Crippen molar-refractivity contribution in [1.29, 1.82) is 0 Å². The van der Waals surface area contributed by atoms with Crippen molar-refractivity contribution in [2.75, 3.05) is 19.7 Å². The van der Waals surface area contributed by atoms with E-state index in [-0.39, 0.29) is 30.2 Å². The summed E-state index contributed by atoms with van der Waals surface area (Å²) in [5.74, 6) is 0.382. The number of hydrogen-bond donors (Lipinski definition) is 1. The summed E-state index contributed by atoms with van der Waals surface area (Å²) >= 11 is 0. The second kappa shape index (κ2) is 10.5. The van der Waals surface area contributed by atoms with Gasteiger partial charge in [-0.3, -0.25) is 14.4 Å². The van der Waals surface area contributed by atoms with Gasteiger partial charge in [0.1, 0.15) is 5.75 Å². The maximum absolute atomic E-state index is 12.2. The van der Waals surface area contributed by atoms with Crippen molar-refractivity contribution >= 4 is 17.6 Å². The summed E-state index contributed by atoms with van der Waals surface area (Å²) in [7, 11) is 0. The SMILES string of the molecule is CCN(CC(=O)NC(C)C)C(=O)CCCOc1cccc(C(C)=O)c1. The fraction of sp³-hybridized carbons (Fsp3) is 0.526. The molecule has 0 aliphatic heterocycles. The molecule has 1 N–H and O–H groups in total. The molecular formula is C19H28N2O4. The lowest BCUT2D eigenvalue weighted by Gasteiger charge is -2.21. The molecule has 0 unspecified atom stereocenters. The van der Waals surface area contributed by atoms with Crippen LogP contribution in [0, 0.1) is 0 Å². The Bertz CT molecular complexity index is 599. The van der Waals surface area contributed by atoms with Crippen molar-refractivity contribution in [3.63, 3.8) is 0 Å². The van der Waals surface area contributed by atoms with Crippen molar-refractivity contribution < 1.29 is 19.1 Å². The molecule has 6 nitrogen and oxygen atoms in total. The third-order valence-corrected chi connectivity index (χ3v) is 3.56. The van der Waals surface area contributed by atoms with Crippen LogP contribution in [-0.4, -0.2) is 48.2 Å². The van der Waals surface area contributed by atoms with Crippen molar-refractivity contribution in [1.82, 2.24) is 10.2 Å². The lowest BCUT2D eigenvalue weighted by molar-refractivity contribution is -0.136. The Kier molecular flexibility index (Phi) is 8.67. The summed E-state index contributed by atoms with van der Waals surface area (Å²) in [5.41, 5.74) is 0.599. The van der Waals surface area contributed by atoms with Crippen LogP contribution < -0.4 is 10.1 Å². The van der Waals surface area contributed by atoms with E-state index in [1.807, 2.05) is 20.8 Å². The molecule has 0 aliphatic rings. The number of likely N-dealkylation sites (N-methyl/N-ethyl adjacent to an activating group) is 1. The predicted octanol–water partition coefficient (Wildman–Crippen LogP) is 2.42. The van der Waals surface area contributed by atoms with Crippen molar-refractivity contribution in [3.8, 4) is 5.75 Å². The number of nitrogens with zero attached hydrogens (tertiary/aromatic N) is 1. The fourth-order valence-electron chi connectivity index (χ4n) is 2.29. The Balaban J connectivity index is 2.38. The molecule has 0 saturated heterocycles. The van der Waals surface area contributed by atoms with E-state index in [1.54, 1.807) is 24.3 Å². The van der Waals surface area contributed by atoms with Gasteiger partial charge >= 0.3 is 0 Å². The Morgan fingerprint density at radius 3 is 2.56 bits per heavy atom. The maximum Gasteiger partial charge on any atom is 0.239 e. The van der Waals surface area contributed by atoms with Gasteiger partial charge in [-0.1, -0.05) is 12.1 Å². The van der Waals surface area contributed by atoms with Crippen LogP contribution in [0.3, 0.4) is 0 Å². The van der Waals surface area contributed by atoms with Crippen LogP contribution in [0.4, 0.5) is 0 Å². The molecule has 1 rings (SSSR count). The van der Waals surface area contributed by atoms with Gasteiger partial charge in [-0.05, 0) is 46.2 Å². The minimum absolute atomic E-state index is 0.0149. The fourth-order valence-corrected chi connectivity index (χ4v) is 2.29. The second-order valence-electron chi connectivity index (χ2n) is 6.17. The number of Topliss-reactive ketones (excluding diaryl/α,β-unsaturated/α-hetero) is 1. The van der Waals surface area contributed by atoms with Crippen LogP contribution in [0.15, 0.2) is 24.3 Å². The normalized spacial score (nSPS) is 10.4. The zero-order chi connectivity index (χ0) is 18.8. The summed E-state index contributed by atoms with van der Waals surface area (Å²) in [6.07, 6.45) is 0.862. The highest BCUT2D eigenvalue weighted by Gasteiger charge is 2.15. The van der Waals surface area contributed by atoms with Crippen LogP contribution in [0.2, 0.25) is 0 Å². The first-order chi connectivity index (χ1) is 11.8. The molecule has 0 heterocycles. The van der Waals surface area contributed by atoms with Gasteiger partial charge in [0.15, 0.2) is 5.78 Å². The molecule has 6 heteroatoms. The van der Waals surface area contributed by atoms with E-state index < -0.39 is 0 Å². The monoisotopic (exact) mass is 348 g/mol. The standard InChI is InChI=1S/C19H28N2O4/c1-5-21(13-18(23)20-14(2)3)19(24)10-7-11-25-17-9-6-8-16(12-17)15(4)22/h6,8-9,12,14H,5,7,10-11,13H2,1-4H3,(H,20,23). The van der Waals surface area contributed by atoms with Gasteiger partial charge in [0, 0.05) is 24.6 Å². The molecule has 138 valence electrons. The third-order valence-electron chi connectivity index (χ3n) is 3.56. The van der Waals surface area contributed by atoms with Crippen LogP contribution in [0.5, 0.6) is 5.75 Å². The van der Waals surface area contributed by atoms with Crippen molar-refractivity contribution in [2.45, 2.75) is 46.6 Å². The number of nitrogens with one attached hydrogen (secondary N) is 1. The Labute approximate surface area is 149 Å². The van der Waals surface area contributed by atoms with Gasteiger partial charge in [0.2, 0.25) is 11.8 Å². The summed E-state index contributed by atoms with van der Waals surface area (Å²) < 4.78 is 5.59. The molecule has 2 amide bonds. The summed E-state index contributed by atoms with van der Waals surface area (Å²) in [5, 5.41) is 2.78. The Morgan fingerprint density at radius 1 is 1.24 bits per heavy atom. The average molecular weight is 348 g/mol. The van der Waals surface area contributed by atoms with Crippen molar-refractivity contribution in [3.05, 3.63) is 29.8 Å². The average Bonchev–Trinajstić information content (AvgIpc) is 2.56. The van der Waals surface area contributed by atoms with Crippen LogP contribution >= 0.6 is 0 Å². The van der Waals surface area contributed by atoms with E-state index in [0.29, 0.717) is 37.3 Å². The van der Waals surface area contributed by atoms with Crippen LogP contribution in [0.1, 0.15) is 50.9 Å². The zero-order valence-electron chi connectivity index (χ0n) is 15.5. The highest BCUT2D eigenvalue weighted by molar-refractivity contribution is 5.94. The first-order valence-corrected chi connectivity index (χ1v) is 8.64. The number of amides is 2. The second-order valence-corrected chi connectivity index (χ2v) is 6.17. The molecule has 25 heavy (non-hydrogen) atoms. The van der Waals surface area contributed by atoms with Crippen molar-refractivity contribution in [2.24, 2.45) is 0 Å². The van der Waals surface area contributed by atoms with Crippen LogP contribution in [-0.2, 0) is 9.59 Å². The lowest BCUT2D eigenvalue weighted by atomic mass is 10.1. The number of benzene rings is 1. The van der Waals surface area contributed by atoms with Gasteiger partial charge in [-0.2, -0.15) is 0 Å². The highest BCUT2D eigenvalue weighted by Crippen LogP contribution is 2.14. The largest absolute Gasteiger partial charge is 0.494 e. The van der Waals surface area contributed by atoms with Gasteiger partial charge in [0.05, 0.1) is 13.2 Å². The smallest absolute Gasteiger partial charge is 0.239 e. The van der Waals surface area contributed by atoms with Gasteiger partial charge < -0.3 is 15.0 Å². The van der Waals surface area contributed by atoms with E-state index >= 15 is 0 Å². The number of carbonyl (C=O) groups excluding carboxylic acids is 3. The lowest BCUT2D eigenvalue weighted by Crippen LogP contribution is -2.42. The molecule has 0 atom stereocenters. The topological polar surface area (TPSA) is 75.7 Å². The number of rotatable bonds is 10. The molecule has 0 aromatic heterocycles. The highest BCUT2D eigenvalue weighted by atomic mass is 16.5. The number of hydrogen-bond acceptors (Lipinski definition) is 4. The summed E-state index contributed by atoms with van der Waals surface area (Å²) in [6, 6.07) is 7.03. The molecule has 0 fully saturated rings. The number of ether oxygens (including phenoxy) is 1. The quantitative estimate of drug-likeness (QED) is 0.520. The minimum Gasteiger partial charge on any atom is -0.494 e.